The van der Waals surface area contributed by atoms with Gasteiger partial charge in [-0.2, -0.15) is 9.78 Å². The van der Waals surface area contributed by atoms with E-state index in [2.05, 4.69) is 20.4 Å². The molecule has 1 aliphatic rings. The summed E-state index contributed by atoms with van der Waals surface area (Å²) < 4.78 is 49.8. The Morgan fingerprint density at radius 1 is 1.37 bits per heavy atom. The third-order valence-corrected chi connectivity index (χ3v) is 4.11. The lowest BCUT2D eigenvalue weighted by Gasteiger charge is -2.23. The Labute approximate surface area is 152 Å². The molecule has 1 N–H and O–H groups in total. The number of morpholine rings is 1. The molecule has 142 valence electrons. The van der Waals surface area contributed by atoms with E-state index in [0.29, 0.717) is 35.6 Å². The van der Waals surface area contributed by atoms with Crippen LogP contribution in [0, 0.1) is 0 Å². The molecular formula is C17H16F3N5O2. The van der Waals surface area contributed by atoms with Crippen molar-refractivity contribution < 1.29 is 22.6 Å². The van der Waals surface area contributed by atoms with E-state index in [1.807, 2.05) is 0 Å². The zero-order valence-corrected chi connectivity index (χ0v) is 14.1. The lowest BCUT2D eigenvalue weighted by atomic mass is 10.2. The van der Waals surface area contributed by atoms with Gasteiger partial charge in [0, 0.05) is 31.0 Å². The maximum absolute atomic E-state index is 12.8. The van der Waals surface area contributed by atoms with Gasteiger partial charge in [0.15, 0.2) is 0 Å². The van der Waals surface area contributed by atoms with Crippen molar-refractivity contribution in [3.05, 3.63) is 36.8 Å². The molecule has 0 aliphatic carbocycles. The van der Waals surface area contributed by atoms with Gasteiger partial charge >= 0.3 is 6.30 Å². The molecule has 3 aromatic heterocycles. The quantitative estimate of drug-likeness (QED) is 0.750. The van der Waals surface area contributed by atoms with Crippen LogP contribution in [0.25, 0.3) is 22.2 Å². The highest BCUT2D eigenvalue weighted by molar-refractivity contribution is 5.86. The van der Waals surface area contributed by atoms with Crippen molar-refractivity contribution in [1.29, 1.82) is 0 Å². The van der Waals surface area contributed by atoms with Gasteiger partial charge in [0.1, 0.15) is 12.7 Å². The lowest BCUT2D eigenvalue weighted by Crippen LogP contribution is -2.41. The van der Waals surface area contributed by atoms with E-state index in [1.54, 1.807) is 24.4 Å². The summed E-state index contributed by atoms with van der Waals surface area (Å²) in [6.45, 7) is 2.32. The number of ether oxygens (including phenoxy) is 2. The molecule has 0 unspecified atom stereocenters. The highest BCUT2D eigenvalue weighted by Crippen LogP contribution is 2.30. The number of nitrogens with zero attached hydrogens (tertiary/aromatic N) is 4. The van der Waals surface area contributed by atoms with Gasteiger partial charge in [-0.15, -0.1) is 13.2 Å². The minimum atomic E-state index is -4.59. The molecule has 0 saturated carbocycles. The van der Waals surface area contributed by atoms with Crippen molar-refractivity contribution in [3.63, 3.8) is 0 Å². The molecule has 7 nitrogen and oxygen atoms in total. The van der Waals surface area contributed by atoms with Gasteiger partial charge in [-0.1, -0.05) is 0 Å². The van der Waals surface area contributed by atoms with Crippen LogP contribution in [0.2, 0.25) is 0 Å². The predicted molar refractivity (Wildman–Crippen MR) is 90.2 cm³/mol. The Bertz CT molecular complexity index is 938. The molecule has 3 aromatic rings. The number of rotatable bonds is 4. The smallest absolute Gasteiger partial charge is 0.474 e. The molecule has 0 bridgehead atoms. The SMILES string of the molecule is FC(F)(F)n1cc(-c2cc3ncccc3c(OC[C@@H]3CNCCO3)n2)cn1. The average Bonchev–Trinajstić information content (AvgIpc) is 3.17. The highest BCUT2D eigenvalue weighted by atomic mass is 19.4. The first-order chi connectivity index (χ1) is 13.0. The molecule has 0 aromatic carbocycles. The van der Waals surface area contributed by atoms with E-state index in [9.17, 15) is 13.2 Å². The molecule has 1 saturated heterocycles. The number of alkyl halides is 3. The average molecular weight is 379 g/mol. The number of nitrogens with one attached hydrogen (secondary N) is 1. The Balaban J connectivity index is 1.66. The Morgan fingerprint density at radius 2 is 2.26 bits per heavy atom. The van der Waals surface area contributed by atoms with Crippen LogP contribution in [0.15, 0.2) is 36.8 Å². The van der Waals surface area contributed by atoms with Gasteiger partial charge in [-0.3, -0.25) is 4.98 Å². The van der Waals surface area contributed by atoms with Crippen molar-refractivity contribution in [1.82, 2.24) is 25.1 Å². The van der Waals surface area contributed by atoms with Crippen molar-refractivity contribution in [2.75, 3.05) is 26.3 Å². The number of fused-ring (bicyclic) bond motifs is 1. The van der Waals surface area contributed by atoms with E-state index in [4.69, 9.17) is 9.47 Å². The van der Waals surface area contributed by atoms with Crippen molar-refractivity contribution in [2.45, 2.75) is 12.4 Å². The van der Waals surface area contributed by atoms with Crippen molar-refractivity contribution in [3.8, 4) is 17.1 Å². The van der Waals surface area contributed by atoms with Crippen LogP contribution in [-0.4, -0.2) is 52.2 Å². The van der Waals surface area contributed by atoms with Crippen LogP contribution in [0.5, 0.6) is 5.88 Å². The molecule has 1 aliphatic heterocycles. The van der Waals surface area contributed by atoms with Crippen LogP contribution in [0.4, 0.5) is 13.2 Å². The van der Waals surface area contributed by atoms with Crippen LogP contribution in [0.1, 0.15) is 0 Å². The summed E-state index contributed by atoms with van der Waals surface area (Å²) in [6, 6.07) is 5.16. The zero-order chi connectivity index (χ0) is 18.9. The van der Waals surface area contributed by atoms with Crippen LogP contribution < -0.4 is 10.1 Å². The summed E-state index contributed by atoms with van der Waals surface area (Å²) in [6.07, 6.45) is -1.11. The van der Waals surface area contributed by atoms with Gasteiger partial charge in [0.25, 0.3) is 0 Å². The van der Waals surface area contributed by atoms with Gasteiger partial charge in [0.2, 0.25) is 5.88 Å². The number of halogens is 3. The fraction of sp³-hybridized carbons (Fsp3) is 0.353. The maximum Gasteiger partial charge on any atom is 0.504 e. The zero-order valence-electron chi connectivity index (χ0n) is 14.1. The normalized spacial score (nSPS) is 18.0. The summed E-state index contributed by atoms with van der Waals surface area (Å²) in [5.74, 6) is 0.296. The number of aromatic nitrogens is 4. The highest BCUT2D eigenvalue weighted by Gasteiger charge is 2.31. The van der Waals surface area contributed by atoms with E-state index in [0.717, 1.165) is 18.9 Å². The molecular weight excluding hydrogens is 363 g/mol. The lowest BCUT2D eigenvalue weighted by molar-refractivity contribution is -0.212. The fourth-order valence-corrected chi connectivity index (χ4v) is 2.80. The van der Waals surface area contributed by atoms with Crippen molar-refractivity contribution >= 4 is 10.9 Å². The molecule has 4 heterocycles. The van der Waals surface area contributed by atoms with E-state index < -0.39 is 6.30 Å². The molecule has 27 heavy (non-hydrogen) atoms. The van der Waals surface area contributed by atoms with Gasteiger partial charge in [0.05, 0.1) is 29.4 Å². The maximum atomic E-state index is 12.8. The first kappa shape index (κ1) is 17.7. The van der Waals surface area contributed by atoms with Crippen LogP contribution in [-0.2, 0) is 11.0 Å². The van der Waals surface area contributed by atoms with Crippen molar-refractivity contribution in [2.24, 2.45) is 0 Å². The second-order valence-electron chi connectivity index (χ2n) is 6.03. The Kier molecular flexibility index (Phi) is 4.66. The predicted octanol–water partition coefficient (Wildman–Crippen LogP) is 2.34. The van der Waals surface area contributed by atoms with Gasteiger partial charge < -0.3 is 14.8 Å². The van der Waals surface area contributed by atoms with Crippen LogP contribution in [0.3, 0.4) is 0 Å². The number of hydrogen-bond donors (Lipinski definition) is 1. The second-order valence-corrected chi connectivity index (χ2v) is 6.03. The molecule has 4 rings (SSSR count). The molecule has 10 heteroatoms. The molecule has 0 amide bonds. The van der Waals surface area contributed by atoms with E-state index in [1.165, 1.54) is 0 Å². The summed E-state index contributed by atoms with van der Waals surface area (Å²) >= 11 is 0. The van der Waals surface area contributed by atoms with Gasteiger partial charge in [-0.05, 0) is 18.2 Å². The Hall–Kier alpha value is -2.72. The largest absolute Gasteiger partial charge is 0.504 e. The van der Waals surface area contributed by atoms with E-state index >= 15 is 0 Å². The standard InChI is InChI=1S/C17H16F3N5O2/c18-17(19,20)25-9-11(7-23-25)14-6-15-13(2-1-3-22-15)16(24-14)27-10-12-8-21-4-5-26-12/h1-3,6-7,9,12,21H,4-5,8,10H2/t12-/m0/s1. The number of pyridine rings is 2. The first-order valence-corrected chi connectivity index (χ1v) is 8.34. The molecule has 1 atom stereocenters. The molecule has 0 radical (unpaired) electrons. The monoisotopic (exact) mass is 379 g/mol. The fourth-order valence-electron chi connectivity index (χ4n) is 2.80. The Morgan fingerprint density at radius 3 is 3.00 bits per heavy atom. The molecule has 0 spiro atoms. The summed E-state index contributed by atoms with van der Waals surface area (Å²) in [5.41, 5.74) is 1.09. The van der Waals surface area contributed by atoms with Gasteiger partial charge in [-0.25, -0.2) is 4.98 Å². The second kappa shape index (κ2) is 7.12. The topological polar surface area (TPSA) is 74.1 Å². The minimum absolute atomic E-state index is 0.0608. The van der Waals surface area contributed by atoms with Crippen LogP contribution >= 0.6 is 0 Å². The number of hydrogen-bond acceptors (Lipinski definition) is 6. The third kappa shape index (κ3) is 3.86. The molecule has 1 fully saturated rings. The van der Waals surface area contributed by atoms with E-state index in [-0.39, 0.29) is 23.0 Å². The summed E-state index contributed by atoms with van der Waals surface area (Å²) in [4.78, 5) is 8.66. The summed E-state index contributed by atoms with van der Waals surface area (Å²) in [5, 5.41) is 7.24. The first-order valence-electron chi connectivity index (χ1n) is 8.34. The minimum Gasteiger partial charge on any atom is -0.474 e. The summed E-state index contributed by atoms with van der Waals surface area (Å²) in [7, 11) is 0. The third-order valence-electron chi connectivity index (χ3n) is 4.11.